The van der Waals surface area contributed by atoms with E-state index in [1.54, 1.807) is 0 Å². The monoisotopic (exact) mass is 809 g/mol. The number of hydrogen-bond acceptors (Lipinski definition) is 1. The number of hydrogen-bond donors (Lipinski definition) is 0. The van der Waals surface area contributed by atoms with Crippen molar-refractivity contribution in [2.45, 2.75) is 5.41 Å². The van der Waals surface area contributed by atoms with Crippen molar-refractivity contribution in [3.63, 3.8) is 0 Å². The lowest BCUT2D eigenvalue weighted by atomic mass is 9.70. The largest absolute Gasteiger partial charge is 0.309 e. The molecule has 1 nitrogen and oxygen atoms in total. The Hall–Kier alpha value is -8.26. The Kier molecular flexibility index (Phi) is 7.38. The Morgan fingerprint density at radius 2 is 0.750 bits per heavy atom. The zero-order chi connectivity index (χ0) is 41.9. The number of rotatable bonds is 5. The average Bonchev–Trinajstić information content (AvgIpc) is 3.84. The normalized spacial score (nSPS) is 13.1. The molecule has 3 aliphatic rings. The minimum absolute atomic E-state index is 0.438. The summed E-state index contributed by atoms with van der Waals surface area (Å²) in [6.45, 7) is 0. The average molecular weight is 810 g/mol. The molecule has 0 aliphatic heterocycles. The maximum atomic E-state index is 2.54. The molecule has 14 rings (SSSR count). The van der Waals surface area contributed by atoms with Crippen LogP contribution in [0.15, 0.2) is 237 Å². The van der Waals surface area contributed by atoms with Gasteiger partial charge >= 0.3 is 0 Å². The number of fused-ring (bicyclic) bond motifs is 16. The van der Waals surface area contributed by atoms with E-state index in [2.05, 4.69) is 241 Å². The Bertz CT molecular complexity index is 3670. The van der Waals surface area contributed by atoms with Gasteiger partial charge in [0.1, 0.15) is 0 Å². The van der Waals surface area contributed by atoms with Crippen LogP contribution in [0.3, 0.4) is 0 Å². The fourth-order valence-corrected chi connectivity index (χ4v) is 11.6. The van der Waals surface area contributed by atoms with E-state index < -0.39 is 5.41 Å². The van der Waals surface area contributed by atoms with Crippen LogP contribution >= 0.6 is 0 Å². The zero-order valence-corrected chi connectivity index (χ0v) is 35.0. The highest BCUT2D eigenvalue weighted by molar-refractivity contribution is 6.15. The van der Waals surface area contributed by atoms with Gasteiger partial charge in [-0.15, -0.1) is 0 Å². The molecular weight excluding hydrogens is 771 g/mol. The maximum Gasteiger partial charge on any atom is 0.0726 e. The highest BCUT2D eigenvalue weighted by Gasteiger charge is 2.52. The van der Waals surface area contributed by atoms with E-state index in [-0.39, 0.29) is 0 Å². The van der Waals surface area contributed by atoms with E-state index in [1.807, 2.05) is 0 Å². The quantitative estimate of drug-likeness (QED) is 0.167. The third-order valence-electron chi connectivity index (χ3n) is 14.4. The van der Waals surface area contributed by atoms with Gasteiger partial charge in [-0.2, -0.15) is 0 Å². The van der Waals surface area contributed by atoms with Gasteiger partial charge in [-0.25, -0.2) is 0 Å². The first kappa shape index (κ1) is 35.3. The molecule has 11 aromatic rings. The lowest BCUT2D eigenvalue weighted by Crippen LogP contribution is -2.26. The molecule has 0 aromatic heterocycles. The van der Waals surface area contributed by atoms with E-state index in [0.717, 1.165) is 11.4 Å². The molecule has 0 heterocycles. The molecule has 0 saturated carbocycles. The fourth-order valence-electron chi connectivity index (χ4n) is 11.6. The highest BCUT2D eigenvalue weighted by Crippen LogP contribution is 2.65. The van der Waals surface area contributed by atoms with E-state index in [9.17, 15) is 0 Å². The van der Waals surface area contributed by atoms with Gasteiger partial charge in [0.25, 0.3) is 0 Å². The summed E-state index contributed by atoms with van der Waals surface area (Å²) in [6.07, 6.45) is 0. The first-order chi connectivity index (χ1) is 31.7. The van der Waals surface area contributed by atoms with Gasteiger partial charge in [0.2, 0.25) is 0 Å². The van der Waals surface area contributed by atoms with Gasteiger partial charge in [-0.05, 0) is 154 Å². The summed E-state index contributed by atoms with van der Waals surface area (Å²) in [5.74, 6) is 0. The number of nitrogens with zero attached hydrogens (tertiary/aromatic N) is 1. The summed E-state index contributed by atoms with van der Waals surface area (Å²) in [6, 6.07) is 88.3. The van der Waals surface area contributed by atoms with Crippen molar-refractivity contribution in [2.24, 2.45) is 0 Å². The van der Waals surface area contributed by atoms with E-state index in [0.29, 0.717) is 0 Å². The molecule has 0 saturated heterocycles. The van der Waals surface area contributed by atoms with Gasteiger partial charge in [0.15, 0.2) is 0 Å². The Labute approximate surface area is 372 Å². The van der Waals surface area contributed by atoms with Crippen LogP contribution in [0.4, 0.5) is 17.1 Å². The standard InChI is InChI=1S/C63H39N/c1-3-15-40(16-4-1)42-31-33-47(34-32-42)64(61-28-14-26-59-62(61)50-22-9-12-25-58(50)63(59)56-23-10-7-20-48(56)49-21-8-11-24-57(49)63)60-27-13-19-45-37-53-52-36-44-30-29-43(41-17-5-2-6-18-41)35-46(44)38-54(52)55(53)39-51(45)60/h1-39H. The van der Waals surface area contributed by atoms with Crippen LogP contribution in [0.5, 0.6) is 0 Å². The molecule has 0 N–H and O–H groups in total. The molecule has 0 atom stereocenters. The second-order valence-electron chi connectivity index (χ2n) is 17.6. The van der Waals surface area contributed by atoms with Crippen LogP contribution in [0.1, 0.15) is 22.3 Å². The summed E-state index contributed by atoms with van der Waals surface area (Å²) in [4.78, 5) is 2.54. The molecule has 11 aromatic carbocycles. The smallest absolute Gasteiger partial charge is 0.0726 e. The summed E-state index contributed by atoms with van der Waals surface area (Å²) in [5, 5.41) is 5.00. The van der Waals surface area contributed by atoms with Crippen molar-refractivity contribution in [1.29, 1.82) is 0 Å². The van der Waals surface area contributed by atoms with Crippen molar-refractivity contribution in [2.75, 3.05) is 4.90 Å². The van der Waals surface area contributed by atoms with Crippen LogP contribution in [-0.2, 0) is 5.41 Å². The van der Waals surface area contributed by atoms with Crippen molar-refractivity contribution in [3.8, 4) is 66.8 Å². The Morgan fingerprint density at radius 1 is 0.266 bits per heavy atom. The molecule has 0 radical (unpaired) electrons. The Balaban J connectivity index is 0.998. The summed E-state index contributed by atoms with van der Waals surface area (Å²) >= 11 is 0. The minimum Gasteiger partial charge on any atom is -0.309 e. The molecule has 0 amide bonds. The number of benzene rings is 11. The van der Waals surface area contributed by atoms with Crippen molar-refractivity contribution < 1.29 is 0 Å². The van der Waals surface area contributed by atoms with Crippen molar-refractivity contribution in [3.05, 3.63) is 259 Å². The third-order valence-corrected chi connectivity index (χ3v) is 14.4. The maximum absolute atomic E-state index is 2.54. The molecule has 296 valence electrons. The van der Waals surface area contributed by atoms with E-state index in [4.69, 9.17) is 0 Å². The van der Waals surface area contributed by atoms with Crippen LogP contribution in [0, 0.1) is 0 Å². The van der Waals surface area contributed by atoms with E-state index in [1.165, 1.54) is 116 Å². The van der Waals surface area contributed by atoms with Crippen molar-refractivity contribution in [1.82, 2.24) is 0 Å². The van der Waals surface area contributed by atoms with E-state index >= 15 is 0 Å². The summed E-state index contributed by atoms with van der Waals surface area (Å²) < 4.78 is 0. The highest BCUT2D eigenvalue weighted by atomic mass is 15.1. The fraction of sp³-hybridized carbons (Fsp3) is 0.0159. The third kappa shape index (κ3) is 4.84. The molecule has 1 heteroatoms. The molecule has 0 fully saturated rings. The second kappa shape index (κ2) is 13.4. The van der Waals surface area contributed by atoms with Gasteiger partial charge in [0, 0.05) is 16.6 Å². The SMILES string of the molecule is c1ccc(-c2ccc(N(c3cccc4c3-c3ccccc3C43c4ccccc4-c4ccccc43)c3cccc4cc5c(cc34)-c3cc4cc(-c6ccccc6)ccc4cc3-5)cc2)cc1. The van der Waals surface area contributed by atoms with Crippen LogP contribution in [0.25, 0.3) is 88.3 Å². The van der Waals surface area contributed by atoms with Crippen LogP contribution < -0.4 is 4.90 Å². The molecule has 0 unspecified atom stereocenters. The minimum atomic E-state index is -0.438. The molecule has 1 spiro atoms. The van der Waals surface area contributed by atoms with Gasteiger partial charge in [-0.1, -0.05) is 182 Å². The summed E-state index contributed by atoms with van der Waals surface area (Å²) in [5.41, 5.74) is 23.7. The number of anilines is 3. The molecular formula is C63H39N. The lowest BCUT2D eigenvalue weighted by molar-refractivity contribution is 0.794. The molecule has 0 bridgehead atoms. The molecule has 64 heavy (non-hydrogen) atoms. The summed E-state index contributed by atoms with van der Waals surface area (Å²) in [7, 11) is 0. The van der Waals surface area contributed by atoms with Crippen LogP contribution in [-0.4, -0.2) is 0 Å². The second-order valence-corrected chi connectivity index (χ2v) is 17.6. The topological polar surface area (TPSA) is 3.24 Å². The Morgan fingerprint density at radius 3 is 1.44 bits per heavy atom. The first-order valence-electron chi connectivity index (χ1n) is 22.3. The lowest BCUT2D eigenvalue weighted by Gasteiger charge is -2.32. The van der Waals surface area contributed by atoms with Gasteiger partial charge in [-0.3, -0.25) is 0 Å². The predicted molar refractivity (Wildman–Crippen MR) is 268 cm³/mol. The first-order valence-corrected chi connectivity index (χ1v) is 22.3. The van der Waals surface area contributed by atoms with Gasteiger partial charge < -0.3 is 4.90 Å². The van der Waals surface area contributed by atoms with Crippen molar-refractivity contribution >= 4 is 38.6 Å². The molecule has 3 aliphatic carbocycles. The predicted octanol–water partition coefficient (Wildman–Crippen LogP) is 16.8. The van der Waals surface area contributed by atoms with Crippen LogP contribution in [0.2, 0.25) is 0 Å². The van der Waals surface area contributed by atoms with Gasteiger partial charge in [0.05, 0.1) is 16.8 Å². The zero-order valence-electron chi connectivity index (χ0n) is 35.0.